The Bertz CT molecular complexity index is 912. The summed E-state index contributed by atoms with van der Waals surface area (Å²) in [6, 6.07) is 4.51. The molecule has 0 radical (unpaired) electrons. The molecule has 1 heterocycles. The van der Waals surface area contributed by atoms with Crippen LogP contribution in [0.4, 0.5) is 10.7 Å². The lowest BCUT2D eigenvalue weighted by Crippen LogP contribution is -2.35. The number of benzene rings is 1. The molecular weight excluding hydrogens is 378 g/mol. The molecule has 12 heteroatoms. The Morgan fingerprint density at radius 1 is 1.15 bits per heavy atom. The van der Waals surface area contributed by atoms with E-state index in [1.165, 1.54) is 38.5 Å². The Balaban J connectivity index is 2.19. The summed E-state index contributed by atoms with van der Waals surface area (Å²) in [7, 11) is -1.61. The molecule has 0 bridgehead atoms. The molecule has 144 valence electrons. The molecule has 0 fully saturated rings. The molecule has 2 aromatic rings. The summed E-state index contributed by atoms with van der Waals surface area (Å²) >= 11 is 0. The van der Waals surface area contributed by atoms with Gasteiger partial charge in [0.2, 0.25) is 5.95 Å². The summed E-state index contributed by atoms with van der Waals surface area (Å²) in [5, 5.41) is 2.17. The quantitative estimate of drug-likeness (QED) is 0.625. The number of rotatable bonds is 8. The smallest absolute Gasteiger partial charge is 0.335 e. The van der Waals surface area contributed by atoms with Crippen LogP contribution in [0.25, 0.3) is 0 Å². The SMILES string of the molecule is C=CCOc1ccccc1S(=O)(=O)NC(=O)Nc1nc(OC)nc(OC)n1. The highest BCUT2D eigenvalue weighted by molar-refractivity contribution is 7.90. The van der Waals surface area contributed by atoms with Crippen LogP contribution in [-0.2, 0) is 10.0 Å². The molecule has 27 heavy (non-hydrogen) atoms. The normalized spacial score (nSPS) is 10.6. The molecule has 0 unspecified atom stereocenters. The van der Waals surface area contributed by atoms with Crippen LogP contribution in [0.2, 0.25) is 0 Å². The highest BCUT2D eigenvalue weighted by Gasteiger charge is 2.22. The largest absolute Gasteiger partial charge is 0.488 e. The number of carbonyl (C=O) groups excluding carboxylic acids is 1. The van der Waals surface area contributed by atoms with Gasteiger partial charge >= 0.3 is 18.1 Å². The van der Waals surface area contributed by atoms with Gasteiger partial charge in [-0.1, -0.05) is 24.8 Å². The first-order valence-electron chi connectivity index (χ1n) is 7.40. The van der Waals surface area contributed by atoms with Crippen molar-refractivity contribution in [3.63, 3.8) is 0 Å². The van der Waals surface area contributed by atoms with Crippen molar-refractivity contribution in [1.82, 2.24) is 19.7 Å². The molecule has 0 aliphatic heterocycles. The van der Waals surface area contributed by atoms with Crippen molar-refractivity contribution in [3.05, 3.63) is 36.9 Å². The van der Waals surface area contributed by atoms with Gasteiger partial charge in [-0.2, -0.15) is 9.97 Å². The van der Waals surface area contributed by atoms with Gasteiger partial charge in [0.25, 0.3) is 10.0 Å². The summed E-state index contributed by atoms with van der Waals surface area (Å²) in [4.78, 5) is 23.2. The molecule has 11 nitrogen and oxygen atoms in total. The maximum Gasteiger partial charge on any atom is 0.335 e. The van der Waals surface area contributed by atoms with Crippen molar-refractivity contribution < 1.29 is 27.4 Å². The highest BCUT2D eigenvalue weighted by Crippen LogP contribution is 2.23. The van der Waals surface area contributed by atoms with E-state index in [9.17, 15) is 13.2 Å². The number of aromatic nitrogens is 3. The minimum Gasteiger partial charge on any atom is -0.488 e. The van der Waals surface area contributed by atoms with Crippen LogP contribution in [0.5, 0.6) is 17.8 Å². The number of anilines is 1. The topological polar surface area (TPSA) is 142 Å². The van der Waals surface area contributed by atoms with Gasteiger partial charge in [0.15, 0.2) is 0 Å². The molecule has 1 aromatic carbocycles. The Kier molecular flexibility index (Phi) is 6.49. The van der Waals surface area contributed by atoms with E-state index >= 15 is 0 Å². The highest BCUT2D eigenvalue weighted by atomic mass is 32.2. The average Bonchev–Trinajstić information content (AvgIpc) is 2.65. The van der Waals surface area contributed by atoms with Crippen molar-refractivity contribution >= 4 is 22.0 Å². The van der Waals surface area contributed by atoms with E-state index in [1.54, 1.807) is 6.07 Å². The molecule has 0 saturated carbocycles. The first-order chi connectivity index (χ1) is 12.9. The monoisotopic (exact) mass is 395 g/mol. The van der Waals surface area contributed by atoms with E-state index in [2.05, 4.69) is 26.8 Å². The van der Waals surface area contributed by atoms with E-state index < -0.39 is 16.1 Å². The average molecular weight is 395 g/mol. The van der Waals surface area contributed by atoms with E-state index in [1.807, 2.05) is 4.72 Å². The number of para-hydroxylation sites is 1. The zero-order valence-corrected chi connectivity index (χ0v) is 15.3. The number of urea groups is 1. The number of hydrogen-bond acceptors (Lipinski definition) is 9. The standard InChI is InChI=1S/C15H17N5O6S/c1-4-9-26-10-7-5-6-8-11(10)27(22,23)20-13(21)16-12-17-14(24-2)19-15(18-12)25-3/h4-8H,1,9H2,2-3H3,(H2,16,17,18,19,20,21). The number of nitrogens with one attached hydrogen (secondary N) is 2. The molecule has 2 rings (SSSR count). The lowest BCUT2D eigenvalue weighted by molar-refractivity contribution is 0.256. The Hall–Kier alpha value is -3.41. The second-order valence-electron chi connectivity index (χ2n) is 4.74. The number of carbonyl (C=O) groups is 1. The Morgan fingerprint density at radius 2 is 1.78 bits per heavy atom. The van der Waals surface area contributed by atoms with Crippen LogP contribution in [0.15, 0.2) is 41.8 Å². The van der Waals surface area contributed by atoms with Gasteiger partial charge < -0.3 is 14.2 Å². The van der Waals surface area contributed by atoms with Crippen molar-refractivity contribution in [2.75, 3.05) is 26.1 Å². The van der Waals surface area contributed by atoms with Gasteiger partial charge in [0.05, 0.1) is 14.2 Å². The number of sulfonamides is 1. The second kappa shape index (κ2) is 8.80. The number of ether oxygens (including phenoxy) is 3. The number of hydrogen-bond donors (Lipinski definition) is 2. The number of amides is 2. The number of nitrogens with zero attached hydrogens (tertiary/aromatic N) is 3. The van der Waals surface area contributed by atoms with Crippen molar-refractivity contribution in [3.8, 4) is 17.8 Å². The van der Waals surface area contributed by atoms with Crippen LogP contribution >= 0.6 is 0 Å². The van der Waals surface area contributed by atoms with Crippen LogP contribution in [-0.4, -0.2) is 50.2 Å². The molecule has 0 saturated heterocycles. The second-order valence-corrected chi connectivity index (χ2v) is 6.39. The lowest BCUT2D eigenvalue weighted by atomic mass is 10.3. The minimum absolute atomic E-state index is 0.0706. The maximum absolute atomic E-state index is 12.5. The van der Waals surface area contributed by atoms with Crippen molar-refractivity contribution in [2.45, 2.75) is 4.90 Å². The van der Waals surface area contributed by atoms with E-state index in [4.69, 9.17) is 14.2 Å². The Morgan fingerprint density at radius 3 is 2.37 bits per heavy atom. The molecule has 2 N–H and O–H groups in total. The van der Waals surface area contributed by atoms with E-state index in [0.717, 1.165) is 0 Å². The summed E-state index contributed by atoms with van der Waals surface area (Å²) in [5.74, 6) is -0.191. The lowest BCUT2D eigenvalue weighted by Gasteiger charge is -2.12. The predicted molar refractivity (Wildman–Crippen MR) is 94.4 cm³/mol. The summed E-state index contributed by atoms with van der Waals surface area (Å²) < 4.78 is 41.8. The fourth-order valence-electron chi connectivity index (χ4n) is 1.82. The van der Waals surface area contributed by atoms with Gasteiger partial charge in [-0.25, -0.2) is 17.9 Å². The van der Waals surface area contributed by atoms with Crippen molar-refractivity contribution in [2.24, 2.45) is 0 Å². The first-order valence-corrected chi connectivity index (χ1v) is 8.88. The zero-order valence-electron chi connectivity index (χ0n) is 14.5. The fourth-order valence-corrected chi connectivity index (χ4v) is 2.88. The van der Waals surface area contributed by atoms with Gasteiger partial charge in [0, 0.05) is 0 Å². The van der Waals surface area contributed by atoms with Gasteiger partial charge in [-0.15, -0.1) is 4.98 Å². The molecule has 0 spiro atoms. The molecule has 0 aliphatic rings. The molecule has 0 aliphatic carbocycles. The summed E-state index contributed by atoms with van der Waals surface area (Å²) in [5.41, 5.74) is 0. The zero-order chi connectivity index (χ0) is 19.9. The van der Waals surface area contributed by atoms with E-state index in [0.29, 0.717) is 0 Å². The molecule has 0 atom stereocenters. The molecule has 1 aromatic heterocycles. The fraction of sp³-hybridized carbons (Fsp3) is 0.200. The van der Waals surface area contributed by atoms with Crippen LogP contribution in [0.1, 0.15) is 0 Å². The third kappa shape index (κ3) is 5.28. The molecule has 2 amide bonds. The summed E-state index contributed by atoms with van der Waals surface area (Å²) in [6.45, 7) is 3.60. The number of methoxy groups -OCH3 is 2. The van der Waals surface area contributed by atoms with E-state index in [-0.39, 0.29) is 35.2 Å². The first kappa shape index (κ1) is 19.9. The third-order valence-electron chi connectivity index (χ3n) is 2.91. The van der Waals surface area contributed by atoms with Crippen LogP contribution < -0.4 is 24.2 Å². The third-order valence-corrected chi connectivity index (χ3v) is 4.28. The minimum atomic E-state index is -4.23. The maximum atomic E-state index is 12.5. The van der Waals surface area contributed by atoms with Crippen molar-refractivity contribution in [1.29, 1.82) is 0 Å². The Labute approximate surface area is 155 Å². The molecular formula is C15H17N5O6S. The van der Waals surface area contributed by atoms with Crippen LogP contribution in [0.3, 0.4) is 0 Å². The van der Waals surface area contributed by atoms with Gasteiger partial charge in [0.1, 0.15) is 17.3 Å². The summed E-state index contributed by atoms with van der Waals surface area (Å²) in [6.07, 6.45) is 1.46. The van der Waals surface area contributed by atoms with Gasteiger partial charge in [-0.3, -0.25) is 5.32 Å². The van der Waals surface area contributed by atoms with Gasteiger partial charge in [-0.05, 0) is 12.1 Å². The predicted octanol–water partition coefficient (Wildman–Crippen LogP) is 0.964. The van der Waals surface area contributed by atoms with Crippen LogP contribution in [0, 0.1) is 0 Å².